The highest BCUT2D eigenvalue weighted by Crippen LogP contribution is 2.47. The second kappa shape index (κ2) is 8.08. The standard InChI is InChI=1S/C25H31NO2/c1-19-9-5-6-10-20(19)15-16-24(27)26-18-17-25(28,21-11-3-2-4-12-21)22-13-7-8-14-23(22)26/h2-6,9-12,22-23,28H,7-8,13-18H2,1H3/t22-,23?,25-/m1/s1. The molecule has 1 aliphatic heterocycles. The van der Waals surface area contributed by atoms with Crippen molar-refractivity contribution in [1.29, 1.82) is 0 Å². The molecule has 0 aromatic heterocycles. The molecule has 1 amide bonds. The van der Waals surface area contributed by atoms with Crippen LogP contribution in [0.2, 0.25) is 0 Å². The maximum atomic E-state index is 13.1. The monoisotopic (exact) mass is 377 g/mol. The van der Waals surface area contributed by atoms with E-state index in [2.05, 4.69) is 24.0 Å². The van der Waals surface area contributed by atoms with Crippen LogP contribution in [0.25, 0.3) is 0 Å². The zero-order chi connectivity index (χ0) is 19.6. The summed E-state index contributed by atoms with van der Waals surface area (Å²) in [4.78, 5) is 15.2. The van der Waals surface area contributed by atoms with Gasteiger partial charge in [0.15, 0.2) is 0 Å². The molecule has 2 fully saturated rings. The zero-order valence-corrected chi connectivity index (χ0v) is 16.8. The Labute approximate surface area is 168 Å². The molecule has 148 valence electrons. The number of carbonyl (C=O) groups excluding carboxylic acids is 1. The third kappa shape index (κ3) is 3.60. The molecule has 2 aromatic rings. The first-order valence-corrected chi connectivity index (χ1v) is 10.7. The topological polar surface area (TPSA) is 40.5 Å². The highest BCUT2D eigenvalue weighted by atomic mass is 16.3. The van der Waals surface area contributed by atoms with Crippen molar-refractivity contribution < 1.29 is 9.90 Å². The molecule has 1 saturated carbocycles. The average Bonchev–Trinajstić information content (AvgIpc) is 2.74. The number of amides is 1. The van der Waals surface area contributed by atoms with Crippen molar-refractivity contribution in [1.82, 2.24) is 4.90 Å². The molecule has 3 heteroatoms. The van der Waals surface area contributed by atoms with Gasteiger partial charge in [0.1, 0.15) is 0 Å². The predicted octanol–water partition coefficient (Wildman–Crippen LogP) is 4.61. The Balaban J connectivity index is 1.50. The van der Waals surface area contributed by atoms with E-state index < -0.39 is 5.60 Å². The molecule has 3 nitrogen and oxygen atoms in total. The van der Waals surface area contributed by atoms with Gasteiger partial charge in [-0.1, -0.05) is 67.4 Å². The first kappa shape index (κ1) is 19.2. The van der Waals surface area contributed by atoms with Crippen LogP contribution in [0.5, 0.6) is 0 Å². The maximum absolute atomic E-state index is 13.1. The third-order valence-electron chi connectivity index (χ3n) is 6.94. The Kier molecular flexibility index (Phi) is 5.54. The van der Waals surface area contributed by atoms with E-state index in [1.165, 1.54) is 11.1 Å². The van der Waals surface area contributed by atoms with Crippen molar-refractivity contribution in [2.45, 2.75) is 63.5 Å². The minimum absolute atomic E-state index is 0.139. The Morgan fingerprint density at radius 1 is 1.07 bits per heavy atom. The summed E-state index contributed by atoms with van der Waals surface area (Å²) in [6.45, 7) is 2.76. The Morgan fingerprint density at radius 3 is 2.57 bits per heavy atom. The lowest BCUT2D eigenvalue weighted by Crippen LogP contribution is -2.59. The van der Waals surface area contributed by atoms with E-state index in [-0.39, 0.29) is 17.9 Å². The summed E-state index contributed by atoms with van der Waals surface area (Å²) in [6.07, 6.45) is 6.27. The molecule has 1 aliphatic carbocycles. The molecule has 3 atom stereocenters. The van der Waals surface area contributed by atoms with Gasteiger partial charge in [-0.2, -0.15) is 0 Å². The van der Waals surface area contributed by atoms with E-state index >= 15 is 0 Å². The van der Waals surface area contributed by atoms with Gasteiger partial charge in [0.05, 0.1) is 5.60 Å². The number of hydrogen-bond donors (Lipinski definition) is 1. The van der Waals surface area contributed by atoms with Crippen molar-refractivity contribution in [2.24, 2.45) is 5.92 Å². The minimum atomic E-state index is -0.806. The lowest BCUT2D eigenvalue weighted by molar-refractivity contribution is -0.154. The van der Waals surface area contributed by atoms with Crippen LogP contribution in [0.15, 0.2) is 54.6 Å². The first-order chi connectivity index (χ1) is 13.6. The fourth-order valence-corrected chi connectivity index (χ4v) is 5.35. The number of fused-ring (bicyclic) bond motifs is 1. The molecule has 1 heterocycles. The van der Waals surface area contributed by atoms with E-state index in [0.717, 1.165) is 37.7 Å². The summed E-state index contributed by atoms with van der Waals surface area (Å²) in [5, 5.41) is 11.6. The fraction of sp³-hybridized carbons (Fsp3) is 0.480. The second-order valence-corrected chi connectivity index (χ2v) is 8.51. The number of piperidine rings is 1. The Morgan fingerprint density at radius 2 is 1.79 bits per heavy atom. The van der Waals surface area contributed by atoms with Crippen molar-refractivity contribution in [3.63, 3.8) is 0 Å². The van der Waals surface area contributed by atoms with Gasteiger partial charge in [0.2, 0.25) is 5.91 Å². The molecule has 0 bridgehead atoms. The number of nitrogens with zero attached hydrogens (tertiary/aromatic N) is 1. The van der Waals surface area contributed by atoms with Crippen LogP contribution in [0, 0.1) is 12.8 Å². The van der Waals surface area contributed by atoms with Gasteiger partial charge in [-0.05, 0) is 49.3 Å². The van der Waals surface area contributed by atoms with Crippen LogP contribution in [0.3, 0.4) is 0 Å². The smallest absolute Gasteiger partial charge is 0.223 e. The fourth-order valence-electron chi connectivity index (χ4n) is 5.35. The molecule has 28 heavy (non-hydrogen) atoms. The number of aryl methyl sites for hydroxylation is 2. The zero-order valence-electron chi connectivity index (χ0n) is 16.8. The second-order valence-electron chi connectivity index (χ2n) is 8.51. The normalized spacial score (nSPS) is 27.3. The number of benzene rings is 2. The summed E-state index contributed by atoms with van der Waals surface area (Å²) < 4.78 is 0. The average molecular weight is 378 g/mol. The quantitative estimate of drug-likeness (QED) is 0.845. The molecule has 2 aliphatic rings. The SMILES string of the molecule is Cc1ccccc1CCC(=O)N1CC[C@@](O)(c2ccccc2)[C@@H]2CCCCC21. The molecule has 0 spiro atoms. The molecule has 0 radical (unpaired) electrons. The summed E-state index contributed by atoms with van der Waals surface area (Å²) in [5.41, 5.74) is 2.72. The van der Waals surface area contributed by atoms with Crippen molar-refractivity contribution in [3.05, 3.63) is 71.3 Å². The highest BCUT2D eigenvalue weighted by molar-refractivity contribution is 5.77. The minimum Gasteiger partial charge on any atom is -0.385 e. The van der Waals surface area contributed by atoms with Gasteiger partial charge in [0, 0.05) is 24.9 Å². The van der Waals surface area contributed by atoms with Crippen molar-refractivity contribution >= 4 is 5.91 Å². The highest BCUT2D eigenvalue weighted by Gasteiger charge is 2.50. The van der Waals surface area contributed by atoms with Crippen LogP contribution >= 0.6 is 0 Å². The lowest BCUT2D eigenvalue weighted by Gasteiger charge is -2.52. The summed E-state index contributed by atoms with van der Waals surface area (Å²) >= 11 is 0. The number of aliphatic hydroxyl groups is 1. The molecule has 1 unspecified atom stereocenters. The maximum Gasteiger partial charge on any atom is 0.223 e. The van der Waals surface area contributed by atoms with E-state index in [1.807, 2.05) is 42.5 Å². The number of rotatable bonds is 4. The third-order valence-corrected chi connectivity index (χ3v) is 6.94. The number of likely N-dealkylation sites (tertiary alicyclic amines) is 1. The number of carbonyl (C=O) groups is 1. The molecular formula is C25H31NO2. The van der Waals surface area contributed by atoms with Crippen LogP contribution in [-0.4, -0.2) is 28.5 Å². The van der Waals surface area contributed by atoms with Gasteiger partial charge in [-0.25, -0.2) is 0 Å². The molecule has 2 aromatic carbocycles. The first-order valence-electron chi connectivity index (χ1n) is 10.7. The number of hydrogen-bond acceptors (Lipinski definition) is 2. The molecule has 1 saturated heterocycles. The van der Waals surface area contributed by atoms with Crippen LogP contribution in [-0.2, 0) is 16.8 Å². The van der Waals surface area contributed by atoms with Gasteiger partial charge < -0.3 is 10.0 Å². The Bertz CT molecular complexity index is 818. The van der Waals surface area contributed by atoms with Crippen LogP contribution < -0.4 is 0 Å². The summed E-state index contributed by atoms with van der Waals surface area (Å²) in [7, 11) is 0. The summed E-state index contributed by atoms with van der Waals surface area (Å²) in [6, 6.07) is 18.6. The van der Waals surface area contributed by atoms with Crippen LogP contribution in [0.4, 0.5) is 0 Å². The van der Waals surface area contributed by atoms with Crippen molar-refractivity contribution in [2.75, 3.05) is 6.54 Å². The van der Waals surface area contributed by atoms with Crippen LogP contribution in [0.1, 0.15) is 55.2 Å². The lowest BCUT2D eigenvalue weighted by atomic mass is 9.66. The van der Waals surface area contributed by atoms with E-state index in [9.17, 15) is 9.90 Å². The molecule has 4 rings (SSSR count). The van der Waals surface area contributed by atoms with E-state index in [0.29, 0.717) is 19.4 Å². The molecular weight excluding hydrogens is 346 g/mol. The summed E-state index contributed by atoms with van der Waals surface area (Å²) in [5.74, 6) is 0.384. The predicted molar refractivity (Wildman–Crippen MR) is 112 cm³/mol. The molecule has 1 N–H and O–H groups in total. The largest absolute Gasteiger partial charge is 0.385 e. The van der Waals surface area contributed by atoms with E-state index in [1.54, 1.807) is 0 Å². The van der Waals surface area contributed by atoms with Gasteiger partial charge >= 0.3 is 0 Å². The van der Waals surface area contributed by atoms with Crippen molar-refractivity contribution in [3.8, 4) is 0 Å². The van der Waals surface area contributed by atoms with Gasteiger partial charge in [-0.15, -0.1) is 0 Å². The van der Waals surface area contributed by atoms with Gasteiger partial charge in [-0.3, -0.25) is 4.79 Å². The van der Waals surface area contributed by atoms with Gasteiger partial charge in [0.25, 0.3) is 0 Å². The Hall–Kier alpha value is -2.13. The van der Waals surface area contributed by atoms with E-state index in [4.69, 9.17) is 0 Å².